The summed E-state index contributed by atoms with van der Waals surface area (Å²) >= 11 is 0. The first-order valence-electron chi connectivity index (χ1n) is 9.81. The summed E-state index contributed by atoms with van der Waals surface area (Å²) in [5.74, 6) is -0.272. The summed E-state index contributed by atoms with van der Waals surface area (Å²) in [6, 6.07) is 9.81. The second-order valence-electron chi connectivity index (χ2n) is 8.45. The topological polar surface area (TPSA) is 70.2 Å². The molecule has 7 nitrogen and oxygen atoms in total. The van der Waals surface area contributed by atoms with Crippen LogP contribution in [-0.2, 0) is 20.9 Å². The monoisotopic (exact) mass is 387 g/mol. The Labute approximate surface area is 166 Å². The summed E-state index contributed by atoms with van der Waals surface area (Å²) in [6.07, 6.45) is -0.0810. The van der Waals surface area contributed by atoms with Gasteiger partial charge in [-0.15, -0.1) is 0 Å². The lowest BCUT2D eigenvalue weighted by Gasteiger charge is -2.36. The largest absolute Gasteiger partial charge is 0.444 e. The molecule has 0 radical (unpaired) electrons. The maximum atomic E-state index is 12.9. The number of hydrogen-bond donors (Lipinski definition) is 0. The van der Waals surface area contributed by atoms with E-state index < -0.39 is 5.60 Å². The van der Waals surface area contributed by atoms with Gasteiger partial charge in [-0.25, -0.2) is 4.79 Å². The first kappa shape index (κ1) is 20.2. The van der Waals surface area contributed by atoms with Crippen molar-refractivity contribution in [1.82, 2.24) is 14.7 Å². The highest BCUT2D eigenvalue weighted by atomic mass is 16.6. The van der Waals surface area contributed by atoms with Crippen molar-refractivity contribution in [2.75, 3.05) is 32.7 Å². The third-order valence-electron chi connectivity index (χ3n) is 5.02. The molecule has 3 amide bonds. The fourth-order valence-corrected chi connectivity index (χ4v) is 3.59. The van der Waals surface area contributed by atoms with Gasteiger partial charge in [0.1, 0.15) is 5.60 Å². The summed E-state index contributed by atoms with van der Waals surface area (Å²) in [6.45, 7) is 8.36. The van der Waals surface area contributed by atoms with Crippen LogP contribution in [0, 0.1) is 5.92 Å². The quantitative estimate of drug-likeness (QED) is 0.797. The number of amides is 3. The number of ether oxygens (including phenoxy) is 1. The molecular formula is C21H29N3O4. The molecule has 0 unspecified atom stereocenters. The van der Waals surface area contributed by atoms with Crippen LogP contribution in [0.1, 0.15) is 32.8 Å². The van der Waals surface area contributed by atoms with Crippen molar-refractivity contribution < 1.29 is 19.1 Å². The van der Waals surface area contributed by atoms with Gasteiger partial charge in [-0.05, 0) is 26.3 Å². The number of carbonyl (C=O) groups excluding carboxylic acids is 3. The molecule has 1 aromatic carbocycles. The van der Waals surface area contributed by atoms with E-state index >= 15 is 0 Å². The molecular weight excluding hydrogens is 358 g/mol. The molecule has 2 fully saturated rings. The second-order valence-corrected chi connectivity index (χ2v) is 8.45. The average Bonchev–Trinajstić information content (AvgIpc) is 3.01. The van der Waals surface area contributed by atoms with E-state index in [9.17, 15) is 14.4 Å². The van der Waals surface area contributed by atoms with E-state index in [0.717, 1.165) is 5.56 Å². The van der Waals surface area contributed by atoms with Gasteiger partial charge in [0.25, 0.3) is 0 Å². The summed E-state index contributed by atoms with van der Waals surface area (Å²) in [4.78, 5) is 42.5. The van der Waals surface area contributed by atoms with E-state index in [-0.39, 0.29) is 30.2 Å². The maximum absolute atomic E-state index is 12.9. The SMILES string of the molecule is CC(C)(C)OC(=O)N1CCN(C(=O)[C@H]2CC(=O)N(Cc3ccccc3)C2)CC1. The molecule has 0 spiro atoms. The molecule has 0 saturated carbocycles. The molecule has 2 aliphatic rings. The van der Waals surface area contributed by atoms with Crippen molar-refractivity contribution in [2.24, 2.45) is 5.92 Å². The Hall–Kier alpha value is -2.57. The van der Waals surface area contributed by atoms with Crippen LogP contribution in [0.25, 0.3) is 0 Å². The summed E-state index contributed by atoms with van der Waals surface area (Å²) in [5, 5.41) is 0. The molecule has 2 saturated heterocycles. The van der Waals surface area contributed by atoms with Gasteiger partial charge in [0.15, 0.2) is 0 Å². The lowest BCUT2D eigenvalue weighted by Crippen LogP contribution is -2.53. The van der Waals surface area contributed by atoms with Crippen LogP contribution in [-0.4, -0.2) is 70.9 Å². The minimum Gasteiger partial charge on any atom is -0.444 e. The van der Waals surface area contributed by atoms with Crippen molar-refractivity contribution in [3.05, 3.63) is 35.9 Å². The second kappa shape index (κ2) is 8.20. The molecule has 28 heavy (non-hydrogen) atoms. The summed E-state index contributed by atoms with van der Waals surface area (Å²) in [7, 11) is 0. The highest BCUT2D eigenvalue weighted by Crippen LogP contribution is 2.23. The van der Waals surface area contributed by atoms with E-state index in [4.69, 9.17) is 4.74 Å². The molecule has 1 aromatic rings. The Morgan fingerprint density at radius 2 is 1.64 bits per heavy atom. The molecule has 2 heterocycles. The number of nitrogens with zero attached hydrogens (tertiary/aromatic N) is 3. The van der Waals surface area contributed by atoms with E-state index in [1.807, 2.05) is 51.1 Å². The highest BCUT2D eigenvalue weighted by molar-refractivity contribution is 5.89. The minimum absolute atomic E-state index is 0.00718. The van der Waals surface area contributed by atoms with Gasteiger partial charge in [0.2, 0.25) is 11.8 Å². The van der Waals surface area contributed by atoms with Crippen LogP contribution < -0.4 is 0 Å². The number of rotatable bonds is 3. The van der Waals surface area contributed by atoms with Crippen molar-refractivity contribution in [1.29, 1.82) is 0 Å². The predicted octanol–water partition coefficient (Wildman–Crippen LogP) is 2.11. The first-order valence-corrected chi connectivity index (χ1v) is 9.81. The standard InChI is InChI=1S/C21H29N3O4/c1-21(2,3)28-20(27)23-11-9-22(10-12-23)19(26)17-13-18(25)24(15-17)14-16-7-5-4-6-8-16/h4-8,17H,9-15H2,1-3H3/t17-/m0/s1. The van der Waals surface area contributed by atoms with Crippen LogP contribution in [0.5, 0.6) is 0 Å². The third kappa shape index (κ3) is 5.03. The molecule has 0 N–H and O–H groups in total. The first-order chi connectivity index (χ1) is 13.2. The third-order valence-corrected chi connectivity index (χ3v) is 5.02. The van der Waals surface area contributed by atoms with Gasteiger partial charge in [0, 0.05) is 45.7 Å². The van der Waals surface area contributed by atoms with Gasteiger partial charge in [-0.1, -0.05) is 30.3 Å². The van der Waals surface area contributed by atoms with Gasteiger partial charge in [0.05, 0.1) is 5.92 Å². The molecule has 3 rings (SSSR count). The lowest BCUT2D eigenvalue weighted by molar-refractivity contribution is -0.137. The Morgan fingerprint density at radius 3 is 2.25 bits per heavy atom. The van der Waals surface area contributed by atoms with Crippen LogP contribution in [0.15, 0.2) is 30.3 Å². The zero-order valence-electron chi connectivity index (χ0n) is 16.9. The van der Waals surface area contributed by atoms with Crippen LogP contribution in [0.4, 0.5) is 4.79 Å². The number of carbonyl (C=O) groups is 3. The average molecular weight is 387 g/mol. The molecule has 152 valence electrons. The molecule has 0 bridgehead atoms. The zero-order chi connectivity index (χ0) is 20.3. The molecule has 1 atom stereocenters. The number of likely N-dealkylation sites (tertiary alicyclic amines) is 1. The Morgan fingerprint density at radius 1 is 1.04 bits per heavy atom. The summed E-state index contributed by atoms with van der Waals surface area (Å²) in [5.41, 5.74) is 0.533. The highest BCUT2D eigenvalue weighted by Gasteiger charge is 2.37. The van der Waals surface area contributed by atoms with Crippen molar-refractivity contribution in [3.8, 4) is 0 Å². The molecule has 0 aromatic heterocycles. The maximum Gasteiger partial charge on any atom is 0.410 e. The number of benzene rings is 1. The fraction of sp³-hybridized carbons (Fsp3) is 0.571. The van der Waals surface area contributed by atoms with Crippen LogP contribution in [0.3, 0.4) is 0 Å². The van der Waals surface area contributed by atoms with Gasteiger partial charge < -0.3 is 19.4 Å². The number of piperazine rings is 1. The normalized spacial score (nSPS) is 20.5. The Balaban J connectivity index is 1.50. The van der Waals surface area contributed by atoms with Crippen molar-refractivity contribution >= 4 is 17.9 Å². The fourth-order valence-electron chi connectivity index (χ4n) is 3.59. The predicted molar refractivity (Wildman–Crippen MR) is 104 cm³/mol. The van der Waals surface area contributed by atoms with E-state index in [0.29, 0.717) is 39.3 Å². The van der Waals surface area contributed by atoms with Gasteiger partial charge in [-0.3, -0.25) is 9.59 Å². The van der Waals surface area contributed by atoms with Crippen molar-refractivity contribution in [2.45, 2.75) is 39.3 Å². The molecule has 7 heteroatoms. The van der Waals surface area contributed by atoms with Crippen molar-refractivity contribution in [3.63, 3.8) is 0 Å². The number of hydrogen-bond acceptors (Lipinski definition) is 4. The Kier molecular flexibility index (Phi) is 5.91. The van der Waals surface area contributed by atoms with Crippen LogP contribution in [0.2, 0.25) is 0 Å². The lowest BCUT2D eigenvalue weighted by atomic mass is 10.1. The zero-order valence-corrected chi connectivity index (χ0v) is 16.9. The van der Waals surface area contributed by atoms with Gasteiger partial charge in [-0.2, -0.15) is 0 Å². The molecule has 0 aliphatic carbocycles. The molecule has 2 aliphatic heterocycles. The van der Waals surface area contributed by atoms with Gasteiger partial charge >= 0.3 is 6.09 Å². The smallest absolute Gasteiger partial charge is 0.410 e. The van der Waals surface area contributed by atoms with E-state index in [2.05, 4.69) is 0 Å². The van der Waals surface area contributed by atoms with Crippen LogP contribution >= 0.6 is 0 Å². The minimum atomic E-state index is -0.531. The van der Waals surface area contributed by atoms with E-state index in [1.54, 1.807) is 14.7 Å². The summed E-state index contributed by atoms with van der Waals surface area (Å²) < 4.78 is 5.39. The Bertz CT molecular complexity index is 721. The van der Waals surface area contributed by atoms with E-state index in [1.165, 1.54) is 0 Å².